The molecule has 0 spiro atoms. The third-order valence-corrected chi connectivity index (χ3v) is 4.64. The molecule has 0 aliphatic carbocycles. The summed E-state index contributed by atoms with van der Waals surface area (Å²) in [5.74, 6) is -0.922. The molecule has 0 saturated carbocycles. The van der Waals surface area contributed by atoms with Gasteiger partial charge < -0.3 is 10.2 Å². The zero-order valence-electron chi connectivity index (χ0n) is 11.7. The number of carboxylic acids is 1. The summed E-state index contributed by atoms with van der Waals surface area (Å²) in [6, 6.07) is 4.00. The van der Waals surface area contributed by atoms with E-state index in [0.29, 0.717) is 0 Å². The highest BCUT2D eigenvalue weighted by Crippen LogP contribution is 2.24. The maximum absolute atomic E-state index is 10.5. The van der Waals surface area contributed by atoms with Gasteiger partial charge in [0.25, 0.3) is 0 Å². The number of likely N-dealkylation sites (tertiary alicyclic amines) is 1. The van der Waals surface area contributed by atoms with Gasteiger partial charge in [-0.05, 0) is 50.9 Å². The quantitative estimate of drug-likeness (QED) is 0.838. The van der Waals surface area contributed by atoms with Gasteiger partial charge in [0.05, 0.1) is 5.60 Å². The van der Waals surface area contributed by atoms with Gasteiger partial charge in [0, 0.05) is 28.9 Å². The maximum Gasteiger partial charge on any atom is 0.328 e. The molecule has 1 fully saturated rings. The zero-order valence-corrected chi connectivity index (χ0v) is 12.5. The first kappa shape index (κ1) is 15.2. The van der Waals surface area contributed by atoms with Gasteiger partial charge in [-0.15, -0.1) is 11.3 Å². The van der Waals surface area contributed by atoms with Crippen LogP contribution in [0.1, 0.15) is 35.9 Å². The monoisotopic (exact) mass is 295 g/mol. The highest BCUT2D eigenvalue weighted by Gasteiger charge is 2.24. The maximum atomic E-state index is 10.5. The van der Waals surface area contributed by atoms with Crippen molar-refractivity contribution in [3.63, 3.8) is 0 Å². The van der Waals surface area contributed by atoms with Crippen molar-refractivity contribution >= 4 is 23.4 Å². The lowest BCUT2D eigenvalue weighted by molar-refractivity contribution is -0.131. The predicted molar refractivity (Wildman–Crippen MR) is 80.7 cm³/mol. The van der Waals surface area contributed by atoms with Crippen LogP contribution in [0.5, 0.6) is 0 Å². The summed E-state index contributed by atoms with van der Waals surface area (Å²) >= 11 is 1.62. The third kappa shape index (κ3) is 4.74. The molecule has 5 heteroatoms. The van der Waals surface area contributed by atoms with Crippen molar-refractivity contribution in [2.24, 2.45) is 0 Å². The number of carbonyl (C=O) groups is 1. The van der Waals surface area contributed by atoms with Gasteiger partial charge in [-0.1, -0.05) is 0 Å². The van der Waals surface area contributed by atoms with E-state index in [0.717, 1.165) is 43.8 Å². The Labute approximate surface area is 123 Å². The van der Waals surface area contributed by atoms with Crippen LogP contribution < -0.4 is 0 Å². The largest absolute Gasteiger partial charge is 0.478 e. The molecule has 4 nitrogen and oxygen atoms in total. The summed E-state index contributed by atoms with van der Waals surface area (Å²) in [5.41, 5.74) is -0.528. The molecular formula is C15H21NO3S. The van der Waals surface area contributed by atoms with E-state index in [1.807, 2.05) is 13.0 Å². The van der Waals surface area contributed by atoms with E-state index in [-0.39, 0.29) is 0 Å². The molecule has 1 unspecified atom stereocenters. The number of carboxylic acid groups (broad SMARTS) is 1. The Kier molecular flexibility index (Phi) is 4.96. The van der Waals surface area contributed by atoms with Gasteiger partial charge in [-0.3, -0.25) is 4.90 Å². The Morgan fingerprint density at radius 3 is 3.00 bits per heavy atom. The standard InChI is InChI=1S/C15H21NO3S/c1-15(19)7-2-9-16(10-8-15)11-13-4-3-12(20-13)5-6-14(17)18/h3-6,19H,2,7-11H2,1H3,(H,17,18)/b6-5+. The van der Waals surface area contributed by atoms with E-state index in [4.69, 9.17) is 5.11 Å². The van der Waals surface area contributed by atoms with Gasteiger partial charge in [0.2, 0.25) is 0 Å². The first-order valence-corrected chi connectivity index (χ1v) is 7.71. The topological polar surface area (TPSA) is 60.8 Å². The minimum Gasteiger partial charge on any atom is -0.478 e. The molecule has 0 aromatic carbocycles. The fourth-order valence-electron chi connectivity index (χ4n) is 2.42. The summed E-state index contributed by atoms with van der Waals surface area (Å²) in [6.07, 6.45) is 5.48. The first-order valence-electron chi connectivity index (χ1n) is 6.89. The smallest absolute Gasteiger partial charge is 0.328 e. The number of nitrogens with zero attached hydrogens (tertiary/aromatic N) is 1. The zero-order chi connectivity index (χ0) is 14.6. The molecule has 2 rings (SSSR count). The van der Waals surface area contributed by atoms with Crippen molar-refractivity contribution in [2.45, 2.75) is 38.3 Å². The molecule has 1 saturated heterocycles. The molecule has 1 aliphatic rings. The Balaban J connectivity index is 1.92. The van der Waals surface area contributed by atoms with Crippen LogP contribution in [0.2, 0.25) is 0 Å². The van der Waals surface area contributed by atoms with Crippen LogP contribution in [0, 0.1) is 0 Å². The van der Waals surface area contributed by atoms with E-state index >= 15 is 0 Å². The van der Waals surface area contributed by atoms with Crippen LogP contribution in [-0.4, -0.2) is 39.8 Å². The second kappa shape index (κ2) is 6.52. The minimum absolute atomic E-state index is 0.528. The summed E-state index contributed by atoms with van der Waals surface area (Å²) in [7, 11) is 0. The minimum atomic E-state index is -0.922. The Morgan fingerprint density at radius 1 is 1.45 bits per heavy atom. The fourth-order valence-corrected chi connectivity index (χ4v) is 3.38. The summed E-state index contributed by atoms with van der Waals surface area (Å²) in [6.45, 7) is 4.71. The molecule has 1 aromatic heterocycles. The van der Waals surface area contributed by atoms with E-state index in [1.165, 1.54) is 11.0 Å². The lowest BCUT2D eigenvalue weighted by atomic mass is 9.98. The van der Waals surface area contributed by atoms with Crippen LogP contribution in [0.25, 0.3) is 6.08 Å². The van der Waals surface area contributed by atoms with Gasteiger partial charge in [-0.25, -0.2) is 4.79 Å². The number of aliphatic carboxylic acids is 1. The van der Waals surface area contributed by atoms with Crippen molar-refractivity contribution in [3.8, 4) is 0 Å². The Morgan fingerprint density at radius 2 is 2.25 bits per heavy atom. The van der Waals surface area contributed by atoms with Crippen LogP contribution >= 0.6 is 11.3 Å². The van der Waals surface area contributed by atoms with Crippen LogP contribution in [0.4, 0.5) is 0 Å². The average Bonchev–Trinajstić information content (AvgIpc) is 2.73. The number of hydrogen-bond donors (Lipinski definition) is 2. The van der Waals surface area contributed by atoms with Gasteiger partial charge in [0.15, 0.2) is 0 Å². The average molecular weight is 295 g/mol. The SMILES string of the molecule is CC1(O)CCCN(Cc2ccc(/C=C/C(=O)O)s2)CC1. The van der Waals surface area contributed by atoms with Crippen molar-refractivity contribution in [1.29, 1.82) is 0 Å². The van der Waals surface area contributed by atoms with Gasteiger partial charge >= 0.3 is 5.97 Å². The molecule has 1 aromatic rings. The normalized spacial score (nSPS) is 24.9. The molecule has 2 heterocycles. The second-order valence-electron chi connectivity index (χ2n) is 5.60. The van der Waals surface area contributed by atoms with E-state index in [9.17, 15) is 9.90 Å². The molecule has 20 heavy (non-hydrogen) atoms. The van der Waals surface area contributed by atoms with E-state index in [1.54, 1.807) is 17.4 Å². The van der Waals surface area contributed by atoms with Gasteiger partial charge in [0.1, 0.15) is 0 Å². The molecular weight excluding hydrogens is 274 g/mol. The molecule has 1 aliphatic heterocycles. The van der Waals surface area contributed by atoms with E-state index in [2.05, 4.69) is 11.0 Å². The lowest BCUT2D eigenvalue weighted by Gasteiger charge is -2.21. The first-order chi connectivity index (χ1) is 9.44. The number of hydrogen-bond acceptors (Lipinski definition) is 4. The molecule has 2 N–H and O–H groups in total. The molecule has 0 radical (unpaired) electrons. The van der Waals surface area contributed by atoms with Gasteiger partial charge in [-0.2, -0.15) is 0 Å². The van der Waals surface area contributed by atoms with E-state index < -0.39 is 11.6 Å². The summed E-state index contributed by atoms with van der Waals surface area (Å²) in [4.78, 5) is 15.0. The second-order valence-corrected chi connectivity index (χ2v) is 6.80. The number of thiophene rings is 1. The Hall–Kier alpha value is -1.17. The number of aliphatic hydroxyl groups is 1. The lowest BCUT2D eigenvalue weighted by Crippen LogP contribution is -2.27. The van der Waals surface area contributed by atoms with Crippen LogP contribution in [-0.2, 0) is 11.3 Å². The van der Waals surface area contributed by atoms with Crippen molar-refractivity contribution in [3.05, 3.63) is 28.0 Å². The van der Waals surface area contributed by atoms with Crippen molar-refractivity contribution < 1.29 is 15.0 Å². The molecule has 1 atom stereocenters. The number of rotatable bonds is 4. The summed E-state index contributed by atoms with van der Waals surface area (Å²) in [5, 5.41) is 18.7. The Bertz CT molecular complexity index is 493. The third-order valence-electron chi connectivity index (χ3n) is 3.61. The highest BCUT2D eigenvalue weighted by molar-refractivity contribution is 7.12. The molecule has 0 amide bonds. The predicted octanol–water partition coefficient (Wildman–Crippen LogP) is 2.58. The van der Waals surface area contributed by atoms with Crippen molar-refractivity contribution in [1.82, 2.24) is 4.90 Å². The molecule has 110 valence electrons. The van der Waals surface area contributed by atoms with Crippen molar-refractivity contribution in [2.75, 3.05) is 13.1 Å². The van der Waals surface area contributed by atoms with Crippen LogP contribution in [0.3, 0.4) is 0 Å². The summed E-state index contributed by atoms with van der Waals surface area (Å²) < 4.78 is 0. The molecule has 0 bridgehead atoms. The fraction of sp³-hybridized carbons (Fsp3) is 0.533. The highest BCUT2D eigenvalue weighted by atomic mass is 32.1. The van der Waals surface area contributed by atoms with Crippen LogP contribution in [0.15, 0.2) is 18.2 Å².